The van der Waals surface area contributed by atoms with Crippen LogP contribution in [-0.4, -0.2) is 89.1 Å². The number of amides is 4. The van der Waals surface area contributed by atoms with E-state index in [9.17, 15) is 24.3 Å². The summed E-state index contributed by atoms with van der Waals surface area (Å²) in [5.74, 6) is -0.442. The Morgan fingerprint density at radius 2 is 1.82 bits per heavy atom. The Morgan fingerprint density at radius 3 is 2.54 bits per heavy atom. The Kier molecular flexibility index (Phi) is 8.08. The van der Waals surface area contributed by atoms with Gasteiger partial charge in [-0.1, -0.05) is 30.3 Å². The molecule has 1 unspecified atom stereocenters. The first-order chi connectivity index (χ1) is 18.9. The number of ether oxygens (including phenoxy) is 2. The Hall–Kier alpha value is -3.96. The number of imide groups is 1. The normalized spacial score (nSPS) is 19.5. The van der Waals surface area contributed by atoms with E-state index >= 15 is 0 Å². The van der Waals surface area contributed by atoms with Gasteiger partial charge in [0, 0.05) is 50.3 Å². The predicted octanol–water partition coefficient (Wildman–Crippen LogP) is 1.84. The highest BCUT2D eigenvalue weighted by atomic mass is 16.5. The number of piperidine rings is 1. The van der Waals surface area contributed by atoms with Crippen LogP contribution in [0.4, 0.5) is 4.79 Å². The number of nitrogens with zero attached hydrogens (tertiary/aromatic N) is 3. The number of carbonyl (C=O) groups excluding carboxylic acids is 3. The molecule has 3 aliphatic rings. The van der Waals surface area contributed by atoms with Crippen LogP contribution in [0.15, 0.2) is 42.5 Å². The van der Waals surface area contributed by atoms with Crippen molar-refractivity contribution in [3.05, 3.63) is 64.7 Å². The van der Waals surface area contributed by atoms with Gasteiger partial charge in [-0.15, -0.1) is 0 Å². The largest absolute Gasteiger partial charge is 0.489 e. The van der Waals surface area contributed by atoms with Gasteiger partial charge in [0.2, 0.25) is 11.8 Å². The summed E-state index contributed by atoms with van der Waals surface area (Å²) in [6, 6.07) is 12.2. The molecule has 2 saturated heterocycles. The molecule has 206 valence electrons. The van der Waals surface area contributed by atoms with Crippen molar-refractivity contribution < 1.29 is 33.8 Å². The third-order valence-corrected chi connectivity index (χ3v) is 7.39. The van der Waals surface area contributed by atoms with Gasteiger partial charge in [0.25, 0.3) is 5.91 Å². The molecule has 3 heterocycles. The average Bonchev–Trinajstić information content (AvgIpc) is 3.27. The molecule has 2 fully saturated rings. The van der Waals surface area contributed by atoms with E-state index in [1.54, 1.807) is 18.2 Å². The SMILES string of the molecule is O=C1CCC(N2Cc3c(OCc4ccc(CN(CCN5CCOCC5)C(=O)O)cc4)cccc3C2=O)C(=O)N1. The second kappa shape index (κ2) is 11.8. The maximum atomic E-state index is 13.0. The lowest BCUT2D eigenvalue weighted by atomic mass is 10.0. The minimum atomic E-state index is -0.950. The van der Waals surface area contributed by atoms with Gasteiger partial charge in [-0.25, -0.2) is 4.79 Å². The summed E-state index contributed by atoms with van der Waals surface area (Å²) in [6.45, 7) is 4.89. The molecule has 5 rings (SSSR count). The van der Waals surface area contributed by atoms with Gasteiger partial charge in [-0.05, 0) is 29.7 Å². The molecular formula is C28H32N4O7. The van der Waals surface area contributed by atoms with Crippen molar-refractivity contribution >= 4 is 23.8 Å². The number of hydrogen-bond donors (Lipinski definition) is 2. The second-order valence-corrected chi connectivity index (χ2v) is 9.95. The number of carbonyl (C=O) groups is 4. The highest BCUT2D eigenvalue weighted by Crippen LogP contribution is 2.34. The fraction of sp³-hybridized carbons (Fsp3) is 0.429. The smallest absolute Gasteiger partial charge is 0.407 e. The molecule has 4 amide bonds. The van der Waals surface area contributed by atoms with E-state index in [2.05, 4.69) is 10.2 Å². The highest BCUT2D eigenvalue weighted by molar-refractivity contribution is 6.05. The molecule has 0 radical (unpaired) electrons. The van der Waals surface area contributed by atoms with Gasteiger partial charge in [-0.3, -0.25) is 24.6 Å². The first-order valence-corrected chi connectivity index (χ1v) is 13.1. The number of morpholine rings is 1. The van der Waals surface area contributed by atoms with Gasteiger partial charge in [0.1, 0.15) is 18.4 Å². The Labute approximate surface area is 226 Å². The topological polar surface area (TPSA) is 129 Å². The van der Waals surface area contributed by atoms with Gasteiger partial charge >= 0.3 is 6.09 Å². The third-order valence-electron chi connectivity index (χ3n) is 7.39. The lowest BCUT2D eigenvalue weighted by Gasteiger charge is -2.29. The third kappa shape index (κ3) is 6.21. The number of nitrogens with one attached hydrogen (secondary N) is 1. The van der Waals surface area contributed by atoms with Gasteiger partial charge < -0.3 is 24.4 Å². The molecule has 0 aromatic heterocycles. The summed E-state index contributed by atoms with van der Waals surface area (Å²) in [5, 5.41) is 12.0. The van der Waals surface area contributed by atoms with E-state index in [1.807, 2.05) is 24.3 Å². The molecular weight excluding hydrogens is 504 g/mol. The summed E-state index contributed by atoms with van der Waals surface area (Å²) in [5.41, 5.74) is 3.01. The zero-order chi connectivity index (χ0) is 27.4. The van der Waals surface area contributed by atoms with Crippen LogP contribution in [0.2, 0.25) is 0 Å². The van der Waals surface area contributed by atoms with Crippen LogP contribution in [0.3, 0.4) is 0 Å². The molecule has 0 spiro atoms. The first kappa shape index (κ1) is 26.6. The monoisotopic (exact) mass is 536 g/mol. The van der Waals surface area contributed by atoms with E-state index < -0.39 is 18.0 Å². The van der Waals surface area contributed by atoms with Gasteiger partial charge in [0.05, 0.1) is 19.8 Å². The molecule has 2 aromatic carbocycles. The lowest BCUT2D eigenvalue weighted by Crippen LogP contribution is -2.52. The molecule has 3 aliphatic heterocycles. The van der Waals surface area contributed by atoms with E-state index in [0.717, 1.165) is 29.8 Å². The van der Waals surface area contributed by atoms with E-state index in [1.165, 1.54) is 9.80 Å². The fourth-order valence-corrected chi connectivity index (χ4v) is 5.14. The number of fused-ring (bicyclic) bond motifs is 1. The van der Waals surface area contributed by atoms with Crippen LogP contribution in [0.25, 0.3) is 0 Å². The van der Waals surface area contributed by atoms with Gasteiger partial charge in [0.15, 0.2) is 0 Å². The quantitative estimate of drug-likeness (QED) is 0.465. The van der Waals surface area contributed by atoms with Crippen molar-refractivity contribution in [2.24, 2.45) is 0 Å². The molecule has 11 heteroatoms. The van der Waals surface area contributed by atoms with Crippen LogP contribution in [0, 0.1) is 0 Å². The minimum absolute atomic E-state index is 0.202. The zero-order valence-electron chi connectivity index (χ0n) is 21.6. The Morgan fingerprint density at radius 1 is 1.08 bits per heavy atom. The fourth-order valence-electron chi connectivity index (χ4n) is 5.14. The van der Waals surface area contributed by atoms with Crippen LogP contribution >= 0.6 is 0 Å². The standard InChI is InChI=1S/C28H32N4O7/c33-25-9-8-23(26(34)29-25)32-17-22-21(27(32)35)2-1-3-24(22)39-18-20-6-4-19(5-7-20)16-31(28(36)37)11-10-30-12-14-38-15-13-30/h1-7,23H,8-18H2,(H,36,37)(H,29,33,34). The molecule has 1 atom stereocenters. The summed E-state index contributed by atoms with van der Waals surface area (Å²) in [4.78, 5) is 53.7. The molecule has 0 bridgehead atoms. The van der Waals surface area contributed by atoms with Crippen LogP contribution in [-0.2, 0) is 34.0 Å². The highest BCUT2D eigenvalue weighted by Gasteiger charge is 2.40. The molecule has 2 aromatic rings. The lowest BCUT2D eigenvalue weighted by molar-refractivity contribution is -0.136. The Balaban J connectivity index is 1.17. The summed E-state index contributed by atoms with van der Waals surface area (Å²) >= 11 is 0. The van der Waals surface area contributed by atoms with Crippen molar-refractivity contribution in [1.29, 1.82) is 0 Å². The average molecular weight is 537 g/mol. The van der Waals surface area contributed by atoms with E-state index in [-0.39, 0.29) is 31.4 Å². The van der Waals surface area contributed by atoms with E-state index in [4.69, 9.17) is 9.47 Å². The van der Waals surface area contributed by atoms with Crippen molar-refractivity contribution in [2.45, 2.75) is 38.6 Å². The van der Waals surface area contributed by atoms with Crippen molar-refractivity contribution in [3.63, 3.8) is 0 Å². The number of hydrogen-bond acceptors (Lipinski definition) is 7. The zero-order valence-corrected chi connectivity index (χ0v) is 21.6. The maximum absolute atomic E-state index is 13.0. The van der Waals surface area contributed by atoms with E-state index in [0.29, 0.717) is 50.6 Å². The first-order valence-electron chi connectivity index (χ1n) is 13.1. The summed E-state index contributed by atoms with van der Waals surface area (Å²) in [6.07, 6.45) is -0.442. The number of benzene rings is 2. The van der Waals surface area contributed by atoms with Crippen LogP contribution < -0.4 is 10.1 Å². The minimum Gasteiger partial charge on any atom is -0.489 e. The maximum Gasteiger partial charge on any atom is 0.407 e. The van der Waals surface area contributed by atoms with Crippen molar-refractivity contribution in [1.82, 2.24) is 20.0 Å². The predicted molar refractivity (Wildman–Crippen MR) is 139 cm³/mol. The van der Waals surface area contributed by atoms with Crippen LogP contribution in [0.5, 0.6) is 5.75 Å². The van der Waals surface area contributed by atoms with Crippen molar-refractivity contribution in [2.75, 3.05) is 39.4 Å². The molecule has 39 heavy (non-hydrogen) atoms. The molecule has 11 nitrogen and oxygen atoms in total. The summed E-state index contributed by atoms with van der Waals surface area (Å²) in [7, 11) is 0. The molecule has 2 N–H and O–H groups in total. The molecule has 0 saturated carbocycles. The number of rotatable bonds is 9. The van der Waals surface area contributed by atoms with Crippen LogP contribution in [0.1, 0.15) is 39.9 Å². The Bertz CT molecular complexity index is 1240. The summed E-state index contributed by atoms with van der Waals surface area (Å²) < 4.78 is 11.4. The van der Waals surface area contributed by atoms with Gasteiger partial charge in [-0.2, -0.15) is 0 Å². The second-order valence-electron chi connectivity index (χ2n) is 9.95. The molecule has 0 aliphatic carbocycles. The van der Waals surface area contributed by atoms with Crippen molar-refractivity contribution in [3.8, 4) is 5.75 Å². The number of carboxylic acid groups (broad SMARTS) is 1.